The SMILES string of the molecule is C[C@H](O)c1cncc2ccccc12. The standard InChI is InChI=1S/C11H11NO/c1-8(13)11-7-12-6-9-4-2-3-5-10(9)11/h2-8,13H,1H3/t8-/m0/s1. The Hall–Kier alpha value is -1.41. The van der Waals surface area contributed by atoms with Crippen LogP contribution in [0.3, 0.4) is 0 Å². The normalized spacial score (nSPS) is 13.1. The van der Waals surface area contributed by atoms with Crippen LogP contribution in [-0.4, -0.2) is 10.1 Å². The number of fused-ring (bicyclic) bond motifs is 1. The van der Waals surface area contributed by atoms with Gasteiger partial charge in [0.1, 0.15) is 0 Å². The zero-order valence-corrected chi connectivity index (χ0v) is 7.44. The Balaban J connectivity index is 2.76. The summed E-state index contributed by atoms with van der Waals surface area (Å²) >= 11 is 0. The van der Waals surface area contributed by atoms with Crippen molar-refractivity contribution in [3.05, 3.63) is 42.2 Å². The van der Waals surface area contributed by atoms with E-state index in [0.29, 0.717) is 0 Å². The molecule has 0 aliphatic rings. The summed E-state index contributed by atoms with van der Waals surface area (Å²) in [6.45, 7) is 1.75. The van der Waals surface area contributed by atoms with E-state index in [4.69, 9.17) is 0 Å². The van der Waals surface area contributed by atoms with E-state index in [1.54, 1.807) is 19.3 Å². The van der Waals surface area contributed by atoms with E-state index in [2.05, 4.69) is 4.98 Å². The molecule has 0 fully saturated rings. The van der Waals surface area contributed by atoms with Crippen LogP contribution in [0.1, 0.15) is 18.6 Å². The lowest BCUT2D eigenvalue weighted by molar-refractivity contribution is 0.200. The Morgan fingerprint density at radius 2 is 2.00 bits per heavy atom. The maximum Gasteiger partial charge on any atom is 0.0782 e. The maximum absolute atomic E-state index is 9.48. The zero-order valence-electron chi connectivity index (χ0n) is 7.44. The smallest absolute Gasteiger partial charge is 0.0782 e. The summed E-state index contributed by atoms with van der Waals surface area (Å²) in [5.41, 5.74) is 0.887. The highest BCUT2D eigenvalue weighted by molar-refractivity contribution is 5.84. The lowest BCUT2D eigenvalue weighted by atomic mass is 10.0. The average Bonchev–Trinajstić information content (AvgIpc) is 2.17. The average molecular weight is 173 g/mol. The molecule has 1 N–H and O–H groups in total. The number of aromatic nitrogens is 1. The van der Waals surface area contributed by atoms with Crippen LogP contribution in [0.2, 0.25) is 0 Å². The van der Waals surface area contributed by atoms with E-state index < -0.39 is 6.10 Å². The third-order valence-corrected chi connectivity index (χ3v) is 2.15. The van der Waals surface area contributed by atoms with Crippen LogP contribution in [-0.2, 0) is 0 Å². The summed E-state index contributed by atoms with van der Waals surface area (Å²) in [6, 6.07) is 7.93. The van der Waals surface area contributed by atoms with Crippen LogP contribution in [0.4, 0.5) is 0 Å². The minimum atomic E-state index is -0.460. The molecule has 66 valence electrons. The lowest BCUT2D eigenvalue weighted by Crippen LogP contribution is -1.93. The molecule has 1 aromatic heterocycles. The van der Waals surface area contributed by atoms with E-state index in [0.717, 1.165) is 16.3 Å². The number of hydrogen-bond acceptors (Lipinski definition) is 2. The highest BCUT2D eigenvalue weighted by atomic mass is 16.3. The van der Waals surface area contributed by atoms with Crippen molar-refractivity contribution in [1.29, 1.82) is 0 Å². The first-order chi connectivity index (χ1) is 6.29. The van der Waals surface area contributed by atoms with E-state index in [1.807, 2.05) is 24.3 Å². The van der Waals surface area contributed by atoms with Gasteiger partial charge in [-0.2, -0.15) is 0 Å². The number of rotatable bonds is 1. The lowest BCUT2D eigenvalue weighted by Gasteiger charge is -2.07. The maximum atomic E-state index is 9.48. The largest absolute Gasteiger partial charge is 0.389 e. The number of aliphatic hydroxyl groups excluding tert-OH is 1. The molecule has 0 saturated carbocycles. The zero-order chi connectivity index (χ0) is 9.26. The minimum absolute atomic E-state index is 0.460. The van der Waals surface area contributed by atoms with Crippen LogP contribution in [0, 0.1) is 0 Å². The van der Waals surface area contributed by atoms with Gasteiger partial charge in [0.05, 0.1) is 6.10 Å². The summed E-state index contributed by atoms with van der Waals surface area (Å²) < 4.78 is 0. The molecule has 0 radical (unpaired) electrons. The second kappa shape index (κ2) is 3.15. The summed E-state index contributed by atoms with van der Waals surface area (Å²) in [4.78, 5) is 4.07. The van der Waals surface area contributed by atoms with Gasteiger partial charge in [-0.3, -0.25) is 4.98 Å². The third kappa shape index (κ3) is 1.40. The van der Waals surface area contributed by atoms with Crippen LogP contribution in [0.25, 0.3) is 10.8 Å². The van der Waals surface area contributed by atoms with Gasteiger partial charge in [0.2, 0.25) is 0 Å². The number of aliphatic hydroxyl groups is 1. The van der Waals surface area contributed by atoms with Crippen LogP contribution >= 0.6 is 0 Å². The molecule has 0 aliphatic heterocycles. The Morgan fingerprint density at radius 1 is 1.23 bits per heavy atom. The van der Waals surface area contributed by atoms with Gasteiger partial charge in [0.25, 0.3) is 0 Å². The predicted molar refractivity (Wildman–Crippen MR) is 52.4 cm³/mol. The van der Waals surface area contributed by atoms with E-state index >= 15 is 0 Å². The van der Waals surface area contributed by atoms with E-state index in [9.17, 15) is 5.11 Å². The van der Waals surface area contributed by atoms with Gasteiger partial charge in [-0.15, -0.1) is 0 Å². The molecule has 0 aliphatic carbocycles. The minimum Gasteiger partial charge on any atom is -0.389 e. The van der Waals surface area contributed by atoms with Gasteiger partial charge < -0.3 is 5.11 Å². The summed E-state index contributed by atoms with van der Waals surface area (Å²) in [5, 5.41) is 11.6. The molecule has 13 heavy (non-hydrogen) atoms. The molecule has 1 atom stereocenters. The van der Waals surface area contributed by atoms with Crippen molar-refractivity contribution in [2.24, 2.45) is 0 Å². The quantitative estimate of drug-likeness (QED) is 0.717. The summed E-state index contributed by atoms with van der Waals surface area (Å²) in [6.07, 6.45) is 3.06. The molecule has 2 nitrogen and oxygen atoms in total. The molecular weight excluding hydrogens is 162 g/mol. The Bertz CT molecular complexity index is 418. The van der Waals surface area contributed by atoms with Crippen LogP contribution in [0.5, 0.6) is 0 Å². The van der Waals surface area contributed by atoms with Gasteiger partial charge in [-0.25, -0.2) is 0 Å². The topological polar surface area (TPSA) is 33.1 Å². The van der Waals surface area contributed by atoms with Crippen molar-refractivity contribution in [2.45, 2.75) is 13.0 Å². The number of nitrogens with zero attached hydrogens (tertiary/aromatic N) is 1. The predicted octanol–water partition coefficient (Wildman–Crippen LogP) is 2.29. The molecule has 2 rings (SSSR count). The number of pyridine rings is 1. The highest BCUT2D eigenvalue weighted by Gasteiger charge is 2.05. The van der Waals surface area contributed by atoms with Crippen molar-refractivity contribution in [2.75, 3.05) is 0 Å². The Kier molecular flexibility index (Phi) is 1.99. The molecule has 0 spiro atoms. The highest BCUT2D eigenvalue weighted by Crippen LogP contribution is 2.22. The van der Waals surface area contributed by atoms with Crippen molar-refractivity contribution in [3.8, 4) is 0 Å². The molecule has 1 heterocycles. The monoisotopic (exact) mass is 173 g/mol. The van der Waals surface area contributed by atoms with Crippen molar-refractivity contribution >= 4 is 10.8 Å². The van der Waals surface area contributed by atoms with E-state index in [1.165, 1.54) is 0 Å². The fraction of sp³-hybridized carbons (Fsp3) is 0.182. The molecule has 1 aromatic carbocycles. The number of benzene rings is 1. The second-order valence-electron chi connectivity index (χ2n) is 3.13. The fourth-order valence-corrected chi connectivity index (χ4v) is 1.47. The second-order valence-corrected chi connectivity index (χ2v) is 3.13. The van der Waals surface area contributed by atoms with Gasteiger partial charge in [-0.1, -0.05) is 24.3 Å². The van der Waals surface area contributed by atoms with E-state index in [-0.39, 0.29) is 0 Å². The molecular formula is C11H11NO. The number of hydrogen-bond donors (Lipinski definition) is 1. The first kappa shape index (κ1) is 8.20. The summed E-state index contributed by atoms with van der Waals surface area (Å²) in [5.74, 6) is 0. The molecule has 0 bridgehead atoms. The van der Waals surface area contributed by atoms with Gasteiger partial charge in [0.15, 0.2) is 0 Å². The Labute approximate surface area is 76.9 Å². The molecule has 2 heteroatoms. The molecule has 2 aromatic rings. The third-order valence-electron chi connectivity index (χ3n) is 2.15. The first-order valence-electron chi connectivity index (χ1n) is 4.30. The molecule has 0 unspecified atom stereocenters. The van der Waals surface area contributed by atoms with Gasteiger partial charge in [0, 0.05) is 23.3 Å². The first-order valence-corrected chi connectivity index (χ1v) is 4.30. The van der Waals surface area contributed by atoms with Crippen molar-refractivity contribution in [3.63, 3.8) is 0 Å². The Morgan fingerprint density at radius 3 is 2.77 bits per heavy atom. The fourth-order valence-electron chi connectivity index (χ4n) is 1.47. The van der Waals surface area contributed by atoms with Gasteiger partial charge in [-0.05, 0) is 12.3 Å². The molecule has 0 saturated heterocycles. The van der Waals surface area contributed by atoms with Crippen molar-refractivity contribution in [1.82, 2.24) is 4.98 Å². The van der Waals surface area contributed by atoms with Crippen LogP contribution < -0.4 is 0 Å². The van der Waals surface area contributed by atoms with Gasteiger partial charge >= 0.3 is 0 Å². The van der Waals surface area contributed by atoms with Crippen molar-refractivity contribution < 1.29 is 5.11 Å². The van der Waals surface area contributed by atoms with Crippen LogP contribution in [0.15, 0.2) is 36.7 Å². The molecule has 0 amide bonds. The summed E-state index contributed by atoms with van der Waals surface area (Å²) in [7, 11) is 0.